The van der Waals surface area contributed by atoms with Crippen LogP contribution in [0.15, 0.2) is 23.2 Å². The number of halogens is 1. The number of hydrogen-bond acceptors (Lipinski definition) is 4. The summed E-state index contributed by atoms with van der Waals surface area (Å²) in [6, 6.07) is 3.38. The van der Waals surface area contributed by atoms with Crippen LogP contribution in [-0.4, -0.2) is 54.2 Å². The molecular weight excluding hydrogens is 374 g/mol. The molecule has 1 unspecified atom stereocenters. The first-order chi connectivity index (χ1) is 12.4. The van der Waals surface area contributed by atoms with Crippen LogP contribution in [0.1, 0.15) is 45.4 Å². The van der Waals surface area contributed by atoms with Crippen LogP contribution in [0.4, 0.5) is 0 Å². The van der Waals surface area contributed by atoms with Gasteiger partial charge in [-0.25, -0.2) is 13.4 Å². The third kappa shape index (κ3) is 3.89. The highest BCUT2D eigenvalue weighted by Crippen LogP contribution is 2.29. The van der Waals surface area contributed by atoms with Gasteiger partial charge in [0, 0.05) is 37.8 Å². The summed E-state index contributed by atoms with van der Waals surface area (Å²) in [7, 11) is -3.67. The molecule has 2 aliphatic heterocycles. The first-order valence-electron chi connectivity index (χ1n) is 9.36. The monoisotopic (exact) mass is 399 g/mol. The minimum Gasteiger partial charge on any atom is -0.339 e. The Bertz CT molecular complexity index is 748. The molecule has 0 saturated carbocycles. The summed E-state index contributed by atoms with van der Waals surface area (Å²) in [5.41, 5.74) is 0. The Kier molecular flexibility index (Phi) is 6.20. The van der Waals surface area contributed by atoms with E-state index in [0.29, 0.717) is 32.0 Å². The predicted molar refractivity (Wildman–Crippen MR) is 100 cm³/mol. The molecule has 1 atom stereocenters. The van der Waals surface area contributed by atoms with Gasteiger partial charge in [-0.15, -0.1) is 0 Å². The molecule has 2 saturated heterocycles. The van der Waals surface area contributed by atoms with Crippen molar-refractivity contribution in [2.75, 3.05) is 19.6 Å². The molecule has 0 aromatic carbocycles. The van der Waals surface area contributed by atoms with E-state index in [1.54, 1.807) is 6.07 Å². The van der Waals surface area contributed by atoms with E-state index >= 15 is 0 Å². The second kappa shape index (κ2) is 8.23. The SMILES string of the molecule is CCC1CCCCN1C(=O)C1CCN(S(=O)(=O)c2cccnc2Cl)CC1. The summed E-state index contributed by atoms with van der Waals surface area (Å²) < 4.78 is 27.0. The van der Waals surface area contributed by atoms with Crippen LogP contribution in [0.5, 0.6) is 0 Å². The third-order valence-electron chi connectivity index (χ3n) is 5.53. The molecule has 2 fully saturated rings. The zero-order chi connectivity index (χ0) is 18.7. The van der Waals surface area contributed by atoms with Gasteiger partial charge >= 0.3 is 0 Å². The molecule has 8 heteroatoms. The largest absolute Gasteiger partial charge is 0.339 e. The van der Waals surface area contributed by atoms with Gasteiger partial charge in [0.1, 0.15) is 10.0 Å². The van der Waals surface area contributed by atoms with Crippen molar-refractivity contribution in [2.45, 2.75) is 56.4 Å². The fraction of sp³-hybridized carbons (Fsp3) is 0.667. The Morgan fingerprint density at radius 1 is 1.23 bits per heavy atom. The molecule has 0 bridgehead atoms. The Balaban J connectivity index is 1.65. The quantitative estimate of drug-likeness (QED) is 0.730. The van der Waals surface area contributed by atoms with Crippen molar-refractivity contribution in [1.29, 1.82) is 0 Å². The van der Waals surface area contributed by atoms with Crippen molar-refractivity contribution in [3.05, 3.63) is 23.5 Å². The maximum absolute atomic E-state index is 12.9. The number of carbonyl (C=O) groups is 1. The molecule has 26 heavy (non-hydrogen) atoms. The normalized spacial score (nSPS) is 23.2. The summed E-state index contributed by atoms with van der Waals surface area (Å²) in [5.74, 6) is 0.117. The van der Waals surface area contributed by atoms with E-state index in [2.05, 4.69) is 11.9 Å². The number of piperidine rings is 2. The first-order valence-corrected chi connectivity index (χ1v) is 11.2. The number of sulfonamides is 1. The molecule has 2 aliphatic rings. The molecule has 1 aromatic rings. The Morgan fingerprint density at radius 2 is 1.96 bits per heavy atom. The van der Waals surface area contributed by atoms with Crippen molar-refractivity contribution in [2.24, 2.45) is 5.92 Å². The number of pyridine rings is 1. The minimum atomic E-state index is -3.67. The van der Waals surface area contributed by atoms with E-state index in [4.69, 9.17) is 11.6 Å². The Morgan fingerprint density at radius 3 is 2.62 bits per heavy atom. The molecule has 1 aromatic heterocycles. The number of likely N-dealkylation sites (tertiary alicyclic amines) is 1. The average molecular weight is 400 g/mol. The number of carbonyl (C=O) groups excluding carboxylic acids is 1. The van der Waals surface area contributed by atoms with Crippen LogP contribution in [0, 0.1) is 5.92 Å². The van der Waals surface area contributed by atoms with Gasteiger partial charge in [0.2, 0.25) is 15.9 Å². The number of amides is 1. The molecular formula is C18H26ClN3O3S. The summed E-state index contributed by atoms with van der Waals surface area (Å²) in [6.07, 6.45) is 6.90. The van der Waals surface area contributed by atoms with Gasteiger partial charge in [-0.3, -0.25) is 4.79 Å². The average Bonchev–Trinajstić information content (AvgIpc) is 2.67. The van der Waals surface area contributed by atoms with Gasteiger partial charge in [0.25, 0.3) is 0 Å². The molecule has 144 valence electrons. The van der Waals surface area contributed by atoms with E-state index in [1.165, 1.54) is 23.0 Å². The smallest absolute Gasteiger partial charge is 0.246 e. The fourth-order valence-corrected chi connectivity index (χ4v) is 5.89. The number of nitrogens with zero attached hydrogens (tertiary/aromatic N) is 3. The van der Waals surface area contributed by atoms with E-state index < -0.39 is 10.0 Å². The van der Waals surface area contributed by atoms with Crippen LogP contribution < -0.4 is 0 Å². The highest BCUT2D eigenvalue weighted by atomic mass is 35.5. The topological polar surface area (TPSA) is 70.6 Å². The summed E-state index contributed by atoms with van der Waals surface area (Å²) >= 11 is 5.96. The van der Waals surface area contributed by atoms with Gasteiger partial charge in [0.05, 0.1) is 0 Å². The number of hydrogen-bond donors (Lipinski definition) is 0. The van der Waals surface area contributed by atoms with Crippen molar-refractivity contribution in [1.82, 2.24) is 14.2 Å². The van der Waals surface area contributed by atoms with Crippen LogP contribution in [0.25, 0.3) is 0 Å². The molecule has 3 rings (SSSR count). The lowest BCUT2D eigenvalue weighted by atomic mass is 9.92. The Labute approximate surface area is 160 Å². The maximum atomic E-state index is 12.9. The second-order valence-electron chi connectivity index (χ2n) is 7.06. The lowest BCUT2D eigenvalue weighted by molar-refractivity contribution is -0.140. The van der Waals surface area contributed by atoms with Crippen molar-refractivity contribution in [3.8, 4) is 0 Å². The predicted octanol–water partition coefficient (Wildman–Crippen LogP) is 2.93. The van der Waals surface area contributed by atoms with Gasteiger partial charge in [-0.2, -0.15) is 4.31 Å². The molecule has 0 aliphatic carbocycles. The van der Waals surface area contributed by atoms with Gasteiger partial charge in [-0.1, -0.05) is 18.5 Å². The zero-order valence-electron chi connectivity index (χ0n) is 15.1. The third-order valence-corrected chi connectivity index (χ3v) is 7.87. The lowest BCUT2D eigenvalue weighted by Gasteiger charge is -2.39. The highest BCUT2D eigenvalue weighted by Gasteiger charge is 2.36. The van der Waals surface area contributed by atoms with E-state index in [-0.39, 0.29) is 21.9 Å². The van der Waals surface area contributed by atoms with Gasteiger partial charge in [0.15, 0.2) is 0 Å². The Hall–Kier alpha value is -1.18. The summed E-state index contributed by atoms with van der Waals surface area (Å²) in [5, 5.41) is -0.00944. The molecule has 0 spiro atoms. The summed E-state index contributed by atoms with van der Waals surface area (Å²) in [6.45, 7) is 3.65. The molecule has 0 radical (unpaired) electrons. The van der Waals surface area contributed by atoms with Crippen LogP contribution >= 0.6 is 11.6 Å². The first kappa shape index (κ1) is 19.6. The summed E-state index contributed by atoms with van der Waals surface area (Å²) in [4.78, 5) is 18.9. The minimum absolute atomic E-state index is 0.00944. The molecule has 1 amide bonds. The molecule has 6 nitrogen and oxygen atoms in total. The van der Waals surface area contributed by atoms with Crippen molar-refractivity contribution >= 4 is 27.5 Å². The number of aromatic nitrogens is 1. The highest BCUT2D eigenvalue weighted by molar-refractivity contribution is 7.89. The molecule has 3 heterocycles. The van der Waals surface area contributed by atoms with Crippen LogP contribution in [0.2, 0.25) is 5.15 Å². The van der Waals surface area contributed by atoms with E-state index in [1.807, 2.05) is 4.90 Å². The standard InChI is InChI=1S/C18H26ClN3O3S/c1-2-15-6-3-4-11-22(15)18(23)14-8-12-21(13-9-14)26(24,25)16-7-5-10-20-17(16)19/h5,7,10,14-15H,2-4,6,8-9,11-13H2,1H3. The van der Waals surface area contributed by atoms with Gasteiger partial charge < -0.3 is 4.90 Å². The lowest BCUT2D eigenvalue weighted by Crippen LogP contribution is -2.49. The van der Waals surface area contributed by atoms with Gasteiger partial charge in [-0.05, 0) is 50.7 Å². The second-order valence-corrected chi connectivity index (χ2v) is 9.32. The van der Waals surface area contributed by atoms with Crippen molar-refractivity contribution in [3.63, 3.8) is 0 Å². The van der Waals surface area contributed by atoms with Crippen molar-refractivity contribution < 1.29 is 13.2 Å². The maximum Gasteiger partial charge on any atom is 0.246 e. The van der Waals surface area contributed by atoms with Crippen LogP contribution in [-0.2, 0) is 14.8 Å². The number of rotatable bonds is 4. The van der Waals surface area contributed by atoms with E-state index in [0.717, 1.165) is 25.8 Å². The molecule has 0 N–H and O–H groups in total. The fourth-order valence-electron chi connectivity index (χ4n) is 4.00. The van der Waals surface area contributed by atoms with E-state index in [9.17, 15) is 13.2 Å². The zero-order valence-corrected chi connectivity index (χ0v) is 16.7. The van der Waals surface area contributed by atoms with Crippen LogP contribution in [0.3, 0.4) is 0 Å².